The molecule has 0 aliphatic heterocycles. The Morgan fingerprint density at radius 1 is 1.58 bits per heavy atom. The summed E-state index contributed by atoms with van der Waals surface area (Å²) < 4.78 is 1.66. The number of pyridine rings is 1. The lowest BCUT2D eigenvalue weighted by atomic mass is 10.2. The largest absolute Gasteiger partial charge is 0.303 e. The number of nitrogens with zero attached hydrogens (tertiary/aromatic N) is 3. The first-order valence-electron chi connectivity index (χ1n) is 3.63. The first kappa shape index (κ1) is 6.97. The summed E-state index contributed by atoms with van der Waals surface area (Å²) in [7, 11) is 0. The fourth-order valence-electron chi connectivity index (χ4n) is 1.10. The average molecular weight is 161 g/mol. The number of aromatic nitrogens is 3. The molecule has 0 aliphatic carbocycles. The molecule has 2 aromatic heterocycles. The van der Waals surface area contributed by atoms with Crippen LogP contribution in [0.1, 0.15) is 5.56 Å². The van der Waals surface area contributed by atoms with E-state index in [-0.39, 0.29) is 0 Å². The molecule has 0 atom stereocenters. The fourth-order valence-corrected chi connectivity index (χ4v) is 1.10. The minimum atomic E-state index is 0.446. The maximum atomic E-state index is 10.2. The number of hydrogen-bond donors (Lipinski definition) is 0. The van der Waals surface area contributed by atoms with Gasteiger partial charge in [0.1, 0.15) is 6.29 Å². The number of rotatable bonds is 2. The predicted octanol–water partition coefficient (Wildman–Crippen LogP) is 0.471. The van der Waals surface area contributed by atoms with Crippen molar-refractivity contribution in [3.05, 3.63) is 30.1 Å². The van der Waals surface area contributed by atoms with E-state index in [1.165, 1.54) is 0 Å². The van der Waals surface area contributed by atoms with Crippen molar-refractivity contribution in [1.29, 1.82) is 0 Å². The van der Waals surface area contributed by atoms with Crippen molar-refractivity contribution in [3.8, 4) is 0 Å². The normalized spacial score (nSPS) is 10.3. The molecule has 0 saturated carbocycles. The summed E-state index contributed by atoms with van der Waals surface area (Å²) in [5, 5.41) is 7.53. The summed E-state index contributed by atoms with van der Waals surface area (Å²) in [5.74, 6) is 0. The first-order chi connectivity index (χ1) is 5.90. The van der Waals surface area contributed by atoms with Gasteiger partial charge in [-0.2, -0.15) is 0 Å². The SMILES string of the molecule is O=CCc1ccn2nncc2c1. The molecule has 0 unspecified atom stereocenters. The summed E-state index contributed by atoms with van der Waals surface area (Å²) >= 11 is 0. The molecule has 2 heterocycles. The zero-order valence-electron chi connectivity index (χ0n) is 6.34. The van der Waals surface area contributed by atoms with Crippen LogP contribution in [0.5, 0.6) is 0 Å². The summed E-state index contributed by atoms with van der Waals surface area (Å²) in [6.07, 6.45) is 4.78. The Labute approximate surface area is 68.8 Å². The first-order valence-corrected chi connectivity index (χ1v) is 3.63. The quantitative estimate of drug-likeness (QED) is 0.601. The van der Waals surface area contributed by atoms with E-state index in [0.29, 0.717) is 6.42 Å². The third-order valence-corrected chi connectivity index (χ3v) is 1.68. The Bertz CT molecular complexity index is 407. The molecule has 0 aliphatic rings. The lowest BCUT2D eigenvalue weighted by Gasteiger charge is -1.94. The molecule has 0 radical (unpaired) electrons. The molecular formula is C8H7N3O. The van der Waals surface area contributed by atoms with E-state index in [2.05, 4.69) is 10.3 Å². The van der Waals surface area contributed by atoms with Gasteiger partial charge < -0.3 is 4.79 Å². The van der Waals surface area contributed by atoms with Gasteiger partial charge in [0.15, 0.2) is 0 Å². The summed E-state index contributed by atoms with van der Waals surface area (Å²) in [5.41, 5.74) is 1.90. The molecule has 2 rings (SSSR count). The van der Waals surface area contributed by atoms with Crippen LogP contribution >= 0.6 is 0 Å². The Balaban J connectivity index is 2.52. The third-order valence-electron chi connectivity index (χ3n) is 1.68. The van der Waals surface area contributed by atoms with Crippen LogP contribution in [-0.2, 0) is 11.2 Å². The minimum Gasteiger partial charge on any atom is -0.303 e. The van der Waals surface area contributed by atoms with Crippen LogP contribution in [0, 0.1) is 0 Å². The molecule has 60 valence electrons. The topological polar surface area (TPSA) is 47.3 Å². The van der Waals surface area contributed by atoms with Crippen molar-refractivity contribution in [1.82, 2.24) is 14.8 Å². The van der Waals surface area contributed by atoms with Crippen molar-refractivity contribution < 1.29 is 4.79 Å². The molecule has 2 aromatic rings. The van der Waals surface area contributed by atoms with E-state index in [4.69, 9.17) is 0 Å². The highest BCUT2D eigenvalue weighted by Crippen LogP contribution is 2.04. The summed E-state index contributed by atoms with van der Waals surface area (Å²) in [6.45, 7) is 0. The summed E-state index contributed by atoms with van der Waals surface area (Å²) in [4.78, 5) is 10.2. The highest BCUT2D eigenvalue weighted by atomic mass is 16.1. The van der Waals surface area contributed by atoms with Gasteiger partial charge >= 0.3 is 0 Å². The number of carbonyl (C=O) groups is 1. The van der Waals surface area contributed by atoms with Gasteiger partial charge in [-0.15, -0.1) is 5.10 Å². The lowest BCUT2D eigenvalue weighted by molar-refractivity contribution is -0.107. The molecule has 12 heavy (non-hydrogen) atoms. The number of hydrogen-bond acceptors (Lipinski definition) is 3. The molecular weight excluding hydrogens is 154 g/mol. The van der Waals surface area contributed by atoms with Crippen LogP contribution in [0.4, 0.5) is 0 Å². The van der Waals surface area contributed by atoms with Gasteiger partial charge in [-0.3, -0.25) is 0 Å². The van der Waals surface area contributed by atoms with Crippen LogP contribution in [0.25, 0.3) is 5.52 Å². The average Bonchev–Trinajstić information content (AvgIpc) is 2.51. The minimum absolute atomic E-state index is 0.446. The van der Waals surface area contributed by atoms with E-state index in [1.807, 2.05) is 12.1 Å². The van der Waals surface area contributed by atoms with Crippen LogP contribution in [-0.4, -0.2) is 21.1 Å². The highest BCUT2D eigenvalue weighted by Gasteiger charge is 1.95. The van der Waals surface area contributed by atoms with Crippen molar-refractivity contribution in [3.63, 3.8) is 0 Å². The second-order valence-corrected chi connectivity index (χ2v) is 2.51. The Kier molecular flexibility index (Phi) is 1.59. The summed E-state index contributed by atoms with van der Waals surface area (Å²) in [6, 6.07) is 3.75. The molecule has 0 fully saturated rings. The molecule has 0 amide bonds. The Morgan fingerprint density at radius 2 is 2.50 bits per heavy atom. The van der Waals surface area contributed by atoms with Crippen molar-refractivity contribution >= 4 is 11.8 Å². The van der Waals surface area contributed by atoms with E-state index >= 15 is 0 Å². The maximum absolute atomic E-state index is 10.2. The second-order valence-electron chi connectivity index (χ2n) is 2.51. The van der Waals surface area contributed by atoms with E-state index in [1.54, 1.807) is 16.9 Å². The molecule has 4 nitrogen and oxygen atoms in total. The van der Waals surface area contributed by atoms with Crippen molar-refractivity contribution in [2.75, 3.05) is 0 Å². The van der Waals surface area contributed by atoms with Crippen LogP contribution in [0.3, 0.4) is 0 Å². The van der Waals surface area contributed by atoms with Crippen molar-refractivity contribution in [2.24, 2.45) is 0 Å². The highest BCUT2D eigenvalue weighted by molar-refractivity contribution is 5.57. The van der Waals surface area contributed by atoms with Crippen LogP contribution in [0.2, 0.25) is 0 Å². The number of aldehydes is 1. The molecule has 0 saturated heterocycles. The van der Waals surface area contributed by atoms with Gasteiger partial charge in [0.25, 0.3) is 0 Å². The van der Waals surface area contributed by atoms with Gasteiger partial charge in [0, 0.05) is 12.6 Å². The van der Waals surface area contributed by atoms with Gasteiger partial charge in [0.05, 0.1) is 11.7 Å². The van der Waals surface area contributed by atoms with E-state index < -0.39 is 0 Å². The number of fused-ring (bicyclic) bond motifs is 1. The molecule has 0 N–H and O–H groups in total. The molecule has 0 bridgehead atoms. The Morgan fingerprint density at radius 3 is 3.33 bits per heavy atom. The third kappa shape index (κ3) is 1.07. The zero-order valence-corrected chi connectivity index (χ0v) is 6.34. The smallest absolute Gasteiger partial charge is 0.124 e. The molecule has 4 heteroatoms. The van der Waals surface area contributed by atoms with E-state index in [9.17, 15) is 4.79 Å². The lowest BCUT2D eigenvalue weighted by Crippen LogP contribution is -1.90. The van der Waals surface area contributed by atoms with E-state index in [0.717, 1.165) is 17.4 Å². The fraction of sp³-hybridized carbons (Fsp3) is 0.125. The Hall–Kier alpha value is -1.71. The number of carbonyl (C=O) groups excluding carboxylic acids is 1. The maximum Gasteiger partial charge on any atom is 0.124 e. The molecule has 0 spiro atoms. The van der Waals surface area contributed by atoms with Gasteiger partial charge in [-0.1, -0.05) is 5.21 Å². The van der Waals surface area contributed by atoms with Crippen LogP contribution in [0.15, 0.2) is 24.5 Å². The standard InChI is InChI=1S/C8H7N3O/c12-4-2-7-1-3-11-8(5-7)6-9-10-11/h1,3-6H,2H2. The van der Waals surface area contributed by atoms with Crippen molar-refractivity contribution in [2.45, 2.75) is 6.42 Å². The van der Waals surface area contributed by atoms with Gasteiger partial charge in [0.2, 0.25) is 0 Å². The monoisotopic (exact) mass is 161 g/mol. The zero-order chi connectivity index (χ0) is 8.39. The van der Waals surface area contributed by atoms with Gasteiger partial charge in [-0.05, 0) is 17.7 Å². The molecule has 0 aromatic carbocycles. The predicted molar refractivity (Wildman–Crippen MR) is 42.8 cm³/mol. The van der Waals surface area contributed by atoms with Gasteiger partial charge in [-0.25, -0.2) is 4.52 Å². The second kappa shape index (κ2) is 2.73. The van der Waals surface area contributed by atoms with Crippen LogP contribution < -0.4 is 0 Å².